The topological polar surface area (TPSA) is 47.7 Å². The molecule has 0 aliphatic carbocycles. The van der Waals surface area contributed by atoms with Crippen molar-refractivity contribution >= 4 is 0 Å². The normalized spacial score (nSPS) is 18.8. The highest BCUT2D eigenvalue weighted by Gasteiger charge is 2.21. The van der Waals surface area contributed by atoms with Crippen molar-refractivity contribution in [1.82, 2.24) is 10.1 Å². The van der Waals surface area contributed by atoms with Crippen molar-refractivity contribution in [1.29, 1.82) is 0 Å². The van der Waals surface area contributed by atoms with Gasteiger partial charge >= 0.3 is 0 Å². The van der Waals surface area contributed by atoms with Gasteiger partial charge in [0.2, 0.25) is 0 Å². The Morgan fingerprint density at radius 2 is 2.14 bits per heavy atom. The molecule has 1 saturated heterocycles. The lowest BCUT2D eigenvalue weighted by atomic mass is 10.2. The van der Waals surface area contributed by atoms with E-state index < -0.39 is 0 Å². The fourth-order valence-corrected chi connectivity index (χ4v) is 2.47. The summed E-state index contributed by atoms with van der Waals surface area (Å²) >= 11 is 0. The molecule has 21 heavy (non-hydrogen) atoms. The van der Waals surface area contributed by atoms with Gasteiger partial charge in [-0.2, -0.15) is 0 Å². The van der Waals surface area contributed by atoms with Crippen LogP contribution in [0.25, 0.3) is 0 Å². The number of likely N-dealkylation sites (tertiary alicyclic amines) is 1. The van der Waals surface area contributed by atoms with Crippen molar-refractivity contribution < 1.29 is 14.0 Å². The molecule has 1 atom stereocenters. The predicted octanol–water partition coefficient (Wildman–Crippen LogP) is 2.73. The van der Waals surface area contributed by atoms with Crippen LogP contribution in [0.4, 0.5) is 0 Å². The van der Waals surface area contributed by atoms with E-state index in [1.807, 2.05) is 30.3 Å². The van der Waals surface area contributed by atoms with Crippen LogP contribution in [0.15, 0.2) is 40.9 Å². The number of benzene rings is 1. The monoisotopic (exact) mass is 288 g/mol. The summed E-state index contributed by atoms with van der Waals surface area (Å²) < 4.78 is 16.5. The summed E-state index contributed by atoms with van der Waals surface area (Å²) in [5.74, 6) is 2.00. The van der Waals surface area contributed by atoms with Gasteiger partial charge in [-0.1, -0.05) is 18.2 Å². The second-order valence-electron chi connectivity index (χ2n) is 5.32. The molecule has 0 saturated carbocycles. The molecule has 0 radical (unpaired) electrons. The molecule has 1 aliphatic rings. The third-order valence-corrected chi connectivity index (χ3v) is 3.76. The standard InChI is InChI=1S/C16H20N2O3/c1-18-9-5-6-13(18)11-20-16-10-15(21-17-16)12-19-14-7-3-2-4-8-14/h2-4,7-8,10,13H,5-6,9,11-12H2,1H3/t13-/m0/s1. The highest BCUT2D eigenvalue weighted by molar-refractivity contribution is 5.21. The van der Waals surface area contributed by atoms with Crippen LogP contribution < -0.4 is 9.47 Å². The Balaban J connectivity index is 1.47. The van der Waals surface area contributed by atoms with Crippen molar-refractivity contribution in [3.05, 3.63) is 42.2 Å². The van der Waals surface area contributed by atoms with E-state index in [2.05, 4.69) is 17.1 Å². The van der Waals surface area contributed by atoms with E-state index in [4.69, 9.17) is 14.0 Å². The number of likely N-dealkylation sites (N-methyl/N-ethyl adjacent to an activating group) is 1. The third-order valence-electron chi connectivity index (χ3n) is 3.76. The summed E-state index contributed by atoms with van der Waals surface area (Å²) in [7, 11) is 2.13. The van der Waals surface area contributed by atoms with E-state index in [9.17, 15) is 0 Å². The highest BCUT2D eigenvalue weighted by atomic mass is 16.5. The van der Waals surface area contributed by atoms with Gasteiger partial charge in [0.05, 0.1) is 0 Å². The minimum Gasteiger partial charge on any atom is -0.486 e. The molecule has 3 rings (SSSR count). The fourth-order valence-electron chi connectivity index (χ4n) is 2.47. The van der Waals surface area contributed by atoms with Crippen molar-refractivity contribution in [2.45, 2.75) is 25.5 Å². The van der Waals surface area contributed by atoms with Crippen LogP contribution in [-0.4, -0.2) is 36.3 Å². The Morgan fingerprint density at radius 1 is 1.29 bits per heavy atom. The Kier molecular flexibility index (Phi) is 4.40. The van der Waals surface area contributed by atoms with Crippen LogP contribution >= 0.6 is 0 Å². The number of hydrogen-bond donors (Lipinski definition) is 0. The largest absolute Gasteiger partial charge is 0.486 e. The molecule has 5 nitrogen and oxygen atoms in total. The number of aromatic nitrogens is 1. The first-order chi connectivity index (χ1) is 10.3. The molecule has 0 unspecified atom stereocenters. The van der Waals surface area contributed by atoms with Crippen LogP contribution in [-0.2, 0) is 6.61 Å². The lowest BCUT2D eigenvalue weighted by molar-refractivity contribution is 0.184. The van der Waals surface area contributed by atoms with Crippen molar-refractivity contribution in [3.8, 4) is 11.6 Å². The molecule has 1 fully saturated rings. The molecule has 0 N–H and O–H groups in total. The molecule has 0 amide bonds. The second-order valence-corrected chi connectivity index (χ2v) is 5.32. The minimum atomic E-state index is 0.351. The van der Waals surface area contributed by atoms with Gasteiger partial charge in [0.25, 0.3) is 5.88 Å². The van der Waals surface area contributed by atoms with E-state index in [0.717, 1.165) is 12.3 Å². The highest BCUT2D eigenvalue weighted by Crippen LogP contribution is 2.18. The zero-order valence-electron chi connectivity index (χ0n) is 12.2. The first-order valence-electron chi connectivity index (χ1n) is 7.28. The van der Waals surface area contributed by atoms with E-state index in [1.165, 1.54) is 12.8 Å². The smallest absolute Gasteiger partial charge is 0.254 e. The summed E-state index contributed by atoms with van der Waals surface area (Å²) in [5.41, 5.74) is 0. The van der Waals surface area contributed by atoms with Crippen molar-refractivity contribution in [2.24, 2.45) is 0 Å². The molecular formula is C16H20N2O3. The van der Waals surface area contributed by atoms with Gasteiger partial charge in [-0.05, 0) is 43.7 Å². The quantitative estimate of drug-likeness (QED) is 0.818. The molecule has 1 aromatic carbocycles. The molecule has 1 aliphatic heterocycles. The maximum atomic E-state index is 5.69. The second kappa shape index (κ2) is 6.63. The fraction of sp³-hybridized carbons (Fsp3) is 0.438. The van der Waals surface area contributed by atoms with Gasteiger partial charge in [0, 0.05) is 12.1 Å². The maximum Gasteiger partial charge on any atom is 0.254 e. The summed E-state index contributed by atoms with van der Waals surface area (Å²) in [6.45, 7) is 2.15. The Morgan fingerprint density at radius 3 is 2.90 bits per heavy atom. The molecule has 0 spiro atoms. The number of para-hydroxylation sites is 1. The van der Waals surface area contributed by atoms with Crippen molar-refractivity contribution in [3.63, 3.8) is 0 Å². The summed E-state index contributed by atoms with van der Waals surface area (Å²) in [4.78, 5) is 2.32. The molecule has 2 heterocycles. The van der Waals surface area contributed by atoms with Gasteiger partial charge in [0.1, 0.15) is 19.0 Å². The molecule has 2 aromatic rings. The molecular weight excluding hydrogens is 268 g/mol. The van der Waals surface area contributed by atoms with Gasteiger partial charge in [-0.3, -0.25) is 0 Å². The summed E-state index contributed by atoms with van der Waals surface area (Å²) in [5, 5.41) is 3.92. The predicted molar refractivity (Wildman–Crippen MR) is 78.4 cm³/mol. The van der Waals surface area contributed by atoms with E-state index in [-0.39, 0.29) is 0 Å². The van der Waals surface area contributed by atoms with Crippen LogP contribution in [0, 0.1) is 0 Å². The third kappa shape index (κ3) is 3.76. The maximum absolute atomic E-state index is 5.69. The minimum absolute atomic E-state index is 0.351. The lowest BCUT2D eigenvalue weighted by Crippen LogP contribution is -2.30. The van der Waals surface area contributed by atoms with Crippen LogP contribution in [0.2, 0.25) is 0 Å². The van der Waals surface area contributed by atoms with Crippen molar-refractivity contribution in [2.75, 3.05) is 20.2 Å². The SMILES string of the molecule is CN1CCC[C@H]1COc1cc(COc2ccccc2)on1. The van der Waals surface area contributed by atoms with Crippen LogP contribution in [0.1, 0.15) is 18.6 Å². The average Bonchev–Trinajstić information content (AvgIpc) is 3.13. The van der Waals surface area contributed by atoms with Crippen LogP contribution in [0.5, 0.6) is 11.6 Å². The average molecular weight is 288 g/mol. The van der Waals surface area contributed by atoms with Crippen LogP contribution in [0.3, 0.4) is 0 Å². The van der Waals surface area contributed by atoms with E-state index in [0.29, 0.717) is 30.9 Å². The Bertz CT molecular complexity index is 556. The lowest BCUT2D eigenvalue weighted by Gasteiger charge is -2.18. The number of rotatable bonds is 6. The molecule has 0 bridgehead atoms. The number of nitrogens with zero attached hydrogens (tertiary/aromatic N) is 2. The van der Waals surface area contributed by atoms with E-state index in [1.54, 1.807) is 6.07 Å². The summed E-state index contributed by atoms with van der Waals surface area (Å²) in [6, 6.07) is 11.9. The van der Waals surface area contributed by atoms with E-state index >= 15 is 0 Å². The summed E-state index contributed by atoms with van der Waals surface area (Å²) in [6.07, 6.45) is 2.41. The Labute approximate surface area is 124 Å². The zero-order chi connectivity index (χ0) is 14.5. The van der Waals surface area contributed by atoms with Gasteiger partial charge in [-0.15, -0.1) is 0 Å². The first-order valence-corrected chi connectivity index (χ1v) is 7.28. The van der Waals surface area contributed by atoms with Gasteiger partial charge in [-0.25, -0.2) is 0 Å². The molecule has 112 valence electrons. The van der Waals surface area contributed by atoms with Gasteiger partial charge < -0.3 is 18.9 Å². The molecule has 5 heteroatoms. The number of hydrogen-bond acceptors (Lipinski definition) is 5. The molecule has 1 aromatic heterocycles. The Hall–Kier alpha value is -2.01. The number of ether oxygens (including phenoxy) is 2. The van der Waals surface area contributed by atoms with Gasteiger partial charge in [0.15, 0.2) is 5.76 Å². The zero-order valence-corrected chi connectivity index (χ0v) is 12.2. The first kappa shape index (κ1) is 13.9.